The molecule has 0 aliphatic carbocycles. The summed E-state index contributed by atoms with van der Waals surface area (Å²) >= 11 is 7.62. The van der Waals surface area contributed by atoms with Crippen molar-refractivity contribution >= 4 is 22.9 Å². The highest BCUT2D eigenvalue weighted by atomic mass is 35.5. The van der Waals surface area contributed by atoms with E-state index in [0.717, 1.165) is 23.0 Å². The van der Waals surface area contributed by atoms with Crippen LogP contribution in [-0.4, -0.2) is 11.5 Å². The highest BCUT2D eigenvalue weighted by Gasteiger charge is 2.12. The van der Waals surface area contributed by atoms with Gasteiger partial charge in [-0.15, -0.1) is 11.3 Å². The largest absolute Gasteiger partial charge is 0.310 e. The molecule has 1 N–H and O–H groups in total. The molecule has 18 heavy (non-hydrogen) atoms. The smallest absolute Gasteiger partial charge is 0.0931 e. The van der Waals surface area contributed by atoms with Crippen LogP contribution in [0.4, 0.5) is 0 Å². The highest BCUT2D eigenvalue weighted by Crippen LogP contribution is 2.26. The third-order valence-electron chi connectivity index (χ3n) is 2.82. The van der Waals surface area contributed by atoms with E-state index in [9.17, 15) is 0 Å². The minimum atomic E-state index is 0.304. The minimum absolute atomic E-state index is 0.304. The first kappa shape index (κ1) is 13.5. The summed E-state index contributed by atoms with van der Waals surface area (Å²) in [7, 11) is 0. The summed E-state index contributed by atoms with van der Waals surface area (Å²) < 4.78 is 0.849. The monoisotopic (exact) mass is 280 g/mol. The molecule has 0 aliphatic rings. The molecular weight excluding hydrogens is 264 g/mol. The number of likely N-dealkylation sites (N-methyl/N-ethyl adjacent to an activating group) is 1. The van der Waals surface area contributed by atoms with Gasteiger partial charge in [0.25, 0.3) is 0 Å². The van der Waals surface area contributed by atoms with Gasteiger partial charge in [0.2, 0.25) is 0 Å². The maximum absolute atomic E-state index is 5.97. The average molecular weight is 281 g/mol. The van der Waals surface area contributed by atoms with Crippen LogP contribution in [0.15, 0.2) is 30.5 Å². The topological polar surface area (TPSA) is 24.9 Å². The third kappa shape index (κ3) is 3.55. The Balaban J connectivity index is 2.14. The molecule has 2 aromatic rings. The van der Waals surface area contributed by atoms with Crippen molar-refractivity contribution in [2.75, 3.05) is 6.54 Å². The van der Waals surface area contributed by atoms with Gasteiger partial charge in [0.1, 0.15) is 0 Å². The van der Waals surface area contributed by atoms with E-state index in [1.807, 2.05) is 19.2 Å². The molecule has 0 saturated heterocycles. The predicted octanol–water partition coefficient (Wildman–Crippen LogP) is 4.00. The van der Waals surface area contributed by atoms with Crippen LogP contribution in [0.1, 0.15) is 29.1 Å². The molecule has 0 bridgehead atoms. The number of nitrogens with zero attached hydrogens (tertiary/aromatic N) is 1. The fourth-order valence-electron chi connectivity index (χ4n) is 1.90. The number of aryl methyl sites for hydroxylation is 1. The van der Waals surface area contributed by atoms with E-state index in [1.54, 1.807) is 11.3 Å². The molecule has 96 valence electrons. The van der Waals surface area contributed by atoms with Gasteiger partial charge in [-0.2, -0.15) is 0 Å². The summed E-state index contributed by atoms with van der Waals surface area (Å²) in [5, 5.41) is 3.50. The number of hydrogen-bond acceptors (Lipinski definition) is 3. The molecule has 2 rings (SSSR count). The molecule has 4 heteroatoms. The summed E-state index contributed by atoms with van der Waals surface area (Å²) in [5.41, 5.74) is 2.28. The Morgan fingerprint density at radius 1 is 1.33 bits per heavy atom. The summed E-state index contributed by atoms with van der Waals surface area (Å²) in [4.78, 5) is 5.66. The van der Waals surface area contributed by atoms with Crippen LogP contribution < -0.4 is 5.32 Å². The number of thiophene rings is 1. The molecule has 0 aliphatic heterocycles. The third-order valence-corrected chi connectivity index (χ3v) is 4.07. The van der Waals surface area contributed by atoms with E-state index in [4.69, 9.17) is 11.6 Å². The number of pyridine rings is 1. The Morgan fingerprint density at radius 3 is 2.72 bits per heavy atom. The molecule has 0 spiro atoms. The van der Waals surface area contributed by atoms with Gasteiger partial charge in [-0.1, -0.05) is 24.6 Å². The molecule has 0 saturated carbocycles. The van der Waals surface area contributed by atoms with Gasteiger partial charge >= 0.3 is 0 Å². The lowest BCUT2D eigenvalue weighted by Gasteiger charge is -2.17. The van der Waals surface area contributed by atoms with Crippen molar-refractivity contribution in [1.29, 1.82) is 0 Å². The summed E-state index contributed by atoms with van der Waals surface area (Å²) in [6, 6.07) is 8.56. The summed E-state index contributed by atoms with van der Waals surface area (Å²) in [5.74, 6) is 0. The summed E-state index contributed by atoms with van der Waals surface area (Å²) in [6.07, 6.45) is 2.91. The van der Waals surface area contributed by atoms with Crippen molar-refractivity contribution in [3.63, 3.8) is 0 Å². The first-order valence-corrected chi connectivity index (χ1v) is 7.28. The SMILES string of the molecule is CCNC(Cc1ccc(Cl)s1)c1ccc(C)nc1. The molecule has 1 atom stereocenters. The molecule has 0 aromatic carbocycles. The number of rotatable bonds is 5. The van der Waals surface area contributed by atoms with Crippen LogP contribution >= 0.6 is 22.9 Å². The lowest BCUT2D eigenvalue weighted by molar-refractivity contribution is 0.551. The number of hydrogen-bond donors (Lipinski definition) is 1. The molecule has 1 unspecified atom stereocenters. The zero-order valence-electron chi connectivity index (χ0n) is 10.6. The lowest BCUT2D eigenvalue weighted by atomic mass is 10.0. The van der Waals surface area contributed by atoms with Crippen LogP contribution in [0.3, 0.4) is 0 Å². The molecule has 2 heterocycles. The maximum atomic E-state index is 5.97. The van der Waals surface area contributed by atoms with Gasteiger partial charge in [-0.3, -0.25) is 4.98 Å². The van der Waals surface area contributed by atoms with E-state index < -0.39 is 0 Å². The second-order valence-corrected chi connectivity index (χ2v) is 6.05. The molecule has 0 fully saturated rings. The van der Waals surface area contributed by atoms with E-state index in [-0.39, 0.29) is 0 Å². The molecular formula is C14H17ClN2S. The fourth-order valence-corrected chi connectivity index (χ4v) is 3.04. The van der Waals surface area contributed by atoms with Crippen molar-refractivity contribution < 1.29 is 0 Å². The number of nitrogens with one attached hydrogen (secondary N) is 1. The second kappa shape index (κ2) is 6.32. The zero-order chi connectivity index (χ0) is 13.0. The van der Waals surface area contributed by atoms with E-state index in [2.05, 4.69) is 35.4 Å². The van der Waals surface area contributed by atoms with E-state index >= 15 is 0 Å². The van der Waals surface area contributed by atoms with Crippen LogP contribution in [0.5, 0.6) is 0 Å². The van der Waals surface area contributed by atoms with Crippen molar-refractivity contribution in [2.24, 2.45) is 0 Å². The van der Waals surface area contributed by atoms with Crippen molar-refractivity contribution in [3.05, 3.63) is 50.9 Å². The van der Waals surface area contributed by atoms with Crippen LogP contribution in [-0.2, 0) is 6.42 Å². The van der Waals surface area contributed by atoms with Gasteiger partial charge in [-0.25, -0.2) is 0 Å². The van der Waals surface area contributed by atoms with Crippen LogP contribution in [0.2, 0.25) is 4.34 Å². The first-order valence-electron chi connectivity index (χ1n) is 6.09. The fraction of sp³-hybridized carbons (Fsp3) is 0.357. The Kier molecular flexibility index (Phi) is 4.75. The normalized spacial score (nSPS) is 12.6. The molecule has 2 aromatic heterocycles. The van der Waals surface area contributed by atoms with Crippen molar-refractivity contribution in [2.45, 2.75) is 26.3 Å². The van der Waals surface area contributed by atoms with Gasteiger partial charge in [-0.05, 0) is 37.2 Å². The van der Waals surface area contributed by atoms with Crippen molar-refractivity contribution in [1.82, 2.24) is 10.3 Å². The Hall–Kier alpha value is -0.900. The van der Waals surface area contributed by atoms with Crippen LogP contribution in [0.25, 0.3) is 0 Å². The van der Waals surface area contributed by atoms with E-state index in [1.165, 1.54) is 10.4 Å². The Labute approximate surface area is 117 Å². The maximum Gasteiger partial charge on any atom is 0.0931 e. The standard InChI is InChI=1S/C14H17ClN2S/c1-3-16-13(8-12-6-7-14(15)18-12)11-5-4-10(2)17-9-11/h4-7,9,13,16H,3,8H2,1-2H3. The highest BCUT2D eigenvalue weighted by molar-refractivity contribution is 7.16. The quantitative estimate of drug-likeness (QED) is 0.895. The Bertz CT molecular complexity index is 493. The van der Waals surface area contributed by atoms with Gasteiger partial charge in [0.05, 0.1) is 4.34 Å². The number of halogens is 1. The average Bonchev–Trinajstić information content (AvgIpc) is 2.75. The molecule has 0 radical (unpaired) electrons. The molecule has 2 nitrogen and oxygen atoms in total. The predicted molar refractivity (Wildman–Crippen MR) is 78.4 cm³/mol. The second-order valence-electron chi connectivity index (χ2n) is 4.25. The van der Waals surface area contributed by atoms with Gasteiger partial charge in [0.15, 0.2) is 0 Å². The minimum Gasteiger partial charge on any atom is -0.310 e. The van der Waals surface area contributed by atoms with Gasteiger partial charge < -0.3 is 5.32 Å². The van der Waals surface area contributed by atoms with E-state index in [0.29, 0.717) is 6.04 Å². The van der Waals surface area contributed by atoms with Crippen LogP contribution in [0, 0.1) is 6.92 Å². The Morgan fingerprint density at radius 2 is 2.17 bits per heavy atom. The zero-order valence-corrected chi connectivity index (χ0v) is 12.2. The summed E-state index contributed by atoms with van der Waals surface area (Å²) in [6.45, 7) is 5.07. The molecule has 0 amide bonds. The lowest BCUT2D eigenvalue weighted by Crippen LogP contribution is -2.22. The van der Waals surface area contributed by atoms with Gasteiger partial charge in [0, 0.05) is 29.2 Å². The van der Waals surface area contributed by atoms with Crippen molar-refractivity contribution in [3.8, 4) is 0 Å². The number of aromatic nitrogens is 1. The first-order chi connectivity index (χ1) is 8.69.